The van der Waals surface area contributed by atoms with Crippen LogP contribution in [-0.4, -0.2) is 14.6 Å². The van der Waals surface area contributed by atoms with Crippen LogP contribution in [0.3, 0.4) is 0 Å². The molecule has 0 spiro atoms. The van der Waals surface area contributed by atoms with E-state index in [1.54, 1.807) is 6.20 Å². The Balaban J connectivity index is 2.77. The van der Waals surface area contributed by atoms with Crippen molar-refractivity contribution in [1.29, 1.82) is 0 Å². The SMILES string of the molecule is Cc1cc(C(C)I)n2nccc2n1. The van der Waals surface area contributed by atoms with Crippen LogP contribution >= 0.6 is 22.6 Å². The van der Waals surface area contributed by atoms with Crippen LogP contribution in [0.4, 0.5) is 0 Å². The molecule has 4 heteroatoms. The molecule has 13 heavy (non-hydrogen) atoms. The molecule has 2 aromatic rings. The van der Waals surface area contributed by atoms with Gasteiger partial charge in [-0.05, 0) is 19.9 Å². The largest absolute Gasteiger partial charge is 0.234 e. The van der Waals surface area contributed by atoms with Crippen LogP contribution in [0.2, 0.25) is 0 Å². The lowest BCUT2D eigenvalue weighted by Gasteiger charge is -2.07. The van der Waals surface area contributed by atoms with Gasteiger partial charge in [0, 0.05) is 11.8 Å². The molecule has 0 aliphatic rings. The highest BCUT2D eigenvalue weighted by Crippen LogP contribution is 2.22. The van der Waals surface area contributed by atoms with Gasteiger partial charge in [0.05, 0.1) is 15.8 Å². The van der Waals surface area contributed by atoms with E-state index >= 15 is 0 Å². The summed E-state index contributed by atoms with van der Waals surface area (Å²) in [6.07, 6.45) is 1.78. The van der Waals surface area contributed by atoms with E-state index in [1.807, 2.05) is 17.5 Å². The van der Waals surface area contributed by atoms with Gasteiger partial charge in [-0.25, -0.2) is 9.50 Å². The molecular formula is C9H10IN3. The number of hydrogen-bond acceptors (Lipinski definition) is 2. The van der Waals surface area contributed by atoms with Crippen LogP contribution in [0.1, 0.15) is 22.2 Å². The molecule has 1 unspecified atom stereocenters. The third-order valence-electron chi connectivity index (χ3n) is 1.92. The highest BCUT2D eigenvalue weighted by Gasteiger charge is 2.08. The van der Waals surface area contributed by atoms with Crippen molar-refractivity contribution < 1.29 is 0 Å². The lowest BCUT2D eigenvalue weighted by atomic mass is 10.3. The number of aromatic nitrogens is 3. The van der Waals surface area contributed by atoms with E-state index in [-0.39, 0.29) is 0 Å². The van der Waals surface area contributed by atoms with Gasteiger partial charge in [-0.2, -0.15) is 5.10 Å². The van der Waals surface area contributed by atoms with E-state index in [0.717, 1.165) is 11.3 Å². The van der Waals surface area contributed by atoms with Crippen LogP contribution in [0.25, 0.3) is 5.65 Å². The first-order chi connectivity index (χ1) is 6.18. The van der Waals surface area contributed by atoms with Crippen molar-refractivity contribution in [3.63, 3.8) is 0 Å². The fraction of sp³-hybridized carbons (Fsp3) is 0.333. The second-order valence-corrected chi connectivity index (χ2v) is 4.91. The van der Waals surface area contributed by atoms with Gasteiger partial charge in [-0.3, -0.25) is 0 Å². The second-order valence-electron chi connectivity index (χ2n) is 3.04. The fourth-order valence-corrected chi connectivity index (χ4v) is 1.80. The van der Waals surface area contributed by atoms with Gasteiger partial charge in [0.25, 0.3) is 0 Å². The molecule has 0 bridgehead atoms. The highest BCUT2D eigenvalue weighted by molar-refractivity contribution is 14.1. The third kappa shape index (κ3) is 1.54. The maximum Gasteiger partial charge on any atom is 0.155 e. The molecule has 0 aromatic carbocycles. The summed E-state index contributed by atoms with van der Waals surface area (Å²) in [6.45, 7) is 4.16. The van der Waals surface area contributed by atoms with E-state index in [1.165, 1.54) is 5.69 Å². The topological polar surface area (TPSA) is 30.2 Å². The van der Waals surface area contributed by atoms with Crippen LogP contribution in [0, 0.1) is 6.92 Å². The van der Waals surface area contributed by atoms with Crippen LogP contribution in [0.5, 0.6) is 0 Å². The van der Waals surface area contributed by atoms with Crippen molar-refractivity contribution in [2.24, 2.45) is 0 Å². The molecule has 0 aliphatic heterocycles. The zero-order valence-electron chi connectivity index (χ0n) is 7.53. The first-order valence-electron chi connectivity index (χ1n) is 4.14. The van der Waals surface area contributed by atoms with Gasteiger partial charge in [0.15, 0.2) is 5.65 Å². The molecule has 0 radical (unpaired) electrons. The Kier molecular flexibility index (Phi) is 2.23. The minimum absolute atomic E-state index is 0.446. The Bertz CT molecular complexity index is 433. The molecule has 2 rings (SSSR count). The number of nitrogens with zero attached hydrogens (tertiary/aromatic N) is 3. The summed E-state index contributed by atoms with van der Waals surface area (Å²) < 4.78 is 2.34. The summed E-state index contributed by atoms with van der Waals surface area (Å²) in [5, 5.41) is 4.23. The van der Waals surface area contributed by atoms with E-state index in [2.05, 4.69) is 45.7 Å². The van der Waals surface area contributed by atoms with Gasteiger partial charge in [-0.15, -0.1) is 0 Å². The van der Waals surface area contributed by atoms with E-state index in [9.17, 15) is 0 Å². The summed E-state index contributed by atoms with van der Waals surface area (Å²) in [5.74, 6) is 0. The molecule has 0 saturated carbocycles. The zero-order valence-corrected chi connectivity index (χ0v) is 9.69. The summed E-state index contributed by atoms with van der Waals surface area (Å²) in [4.78, 5) is 4.38. The van der Waals surface area contributed by atoms with Gasteiger partial charge in [0.2, 0.25) is 0 Å². The maximum atomic E-state index is 4.38. The number of halogens is 1. The van der Waals surface area contributed by atoms with Gasteiger partial charge < -0.3 is 0 Å². The monoisotopic (exact) mass is 287 g/mol. The number of fused-ring (bicyclic) bond motifs is 1. The van der Waals surface area contributed by atoms with Crippen molar-refractivity contribution in [1.82, 2.24) is 14.6 Å². The third-order valence-corrected chi connectivity index (χ3v) is 2.56. The highest BCUT2D eigenvalue weighted by atomic mass is 127. The Morgan fingerprint density at radius 1 is 1.54 bits per heavy atom. The van der Waals surface area contributed by atoms with Crippen molar-refractivity contribution in [3.8, 4) is 0 Å². The molecule has 1 atom stereocenters. The van der Waals surface area contributed by atoms with E-state index < -0.39 is 0 Å². The normalized spacial score (nSPS) is 13.5. The van der Waals surface area contributed by atoms with E-state index in [4.69, 9.17) is 0 Å². The summed E-state index contributed by atoms with van der Waals surface area (Å²) in [7, 11) is 0. The van der Waals surface area contributed by atoms with Crippen LogP contribution in [-0.2, 0) is 0 Å². The summed E-state index contributed by atoms with van der Waals surface area (Å²) >= 11 is 2.38. The molecule has 68 valence electrons. The molecule has 0 saturated heterocycles. The Labute approximate surface area is 90.3 Å². The number of alkyl halides is 1. The molecule has 0 aliphatic carbocycles. The Morgan fingerprint density at radius 3 is 3.00 bits per heavy atom. The average Bonchev–Trinajstić information content (AvgIpc) is 2.49. The first kappa shape index (κ1) is 8.93. The van der Waals surface area contributed by atoms with Crippen molar-refractivity contribution >= 4 is 28.2 Å². The smallest absolute Gasteiger partial charge is 0.155 e. The van der Waals surface area contributed by atoms with Gasteiger partial charge >= 0.3 is 0 Å². The molecular weight excluding hydrogens is 277 g/mol. The average molecular weight is 287 g/mol. The van der Waals surface area contributed by atoms with Crippen molar-refractivity contribution in [2.45, 2.75) is 17.8 Å². The minimum Gasteiger partial charge on any atom is -0.234 e. The van der Waals surface area contributed by atoms with Gasteiger partial charge in [-0.1, -0.05) is 22.6 Å². The molecule has 2 aromatic heterocycles. The second kappa shape index (κ2) is 3.25. The predicted octanol–water partition coefficient (Wildman–Crippen LogP) is 2.53. The standard InChI is InChI=1S/C9H10IN3/c1-6-5-8(7(2)10)13-9(12-6)3-4-11-13/h3-5,7H,1-2H3. The zero-order chi connectivity index (χ0) is 9.42. The lowest BCUT2D eigenvalue weighted by molar-refractivity contribution is 0.844. The quantitative estimate of drug-likeness (QED) is 0.596. The van der Waals surface area contributed by atoms with Crippen LogP contribution < -0.4 is 0 Å². The molecule has 0 amide bonds. The minimum atomic E-state index is 0.446. The number of hydrogen-bond donors (Lipinski definition) is 0. The Hall–Kier alpha value is -0.650. The van der Waals surface area contributed by atoms with Gasteiger partial charge in [0.1, 0.15) is 0 Å². The molecule has 0 N–H and O–H groups in total. The first-order valence-corrected chi connectivity index (χ1v) is 5.38. The van der Waals surface area contributed by atoms with E-state index in [0.29, 0.717) is 3.92 Å². The molecule has 3 nitrogen and oxygen atoms in total. The maximum absolute atomic E-state index is 4.38. The summed E-state index contributed by atoms with van der Waals surface area (Å²) in [5.41, 5.74) is 3.18. The number of rotatable bonds is 1. The number of aryl methyl sites for hydroxylation is 1. The predicted molar refractivity (Wildman–Crippen MR) is 60.2 cm³/mol. The Morgan fingerprint density at radius 2 is 2.31 bits per heavy atom. The van der Waals surface area contributed by atoms with Crippen molar-refractivity contribution in [2.75, 3.05) is 0 Å². The van der Waals surface area contributed by atoms with Crippen LogP contribution in [0.15, 0.2) is 18.3 Å². The molecule has 0 fully saturated rings. The fourth-order valence-electron chi connectivity index (χ4n) is 1.35. The lowest BCUT2D eigenvalue weighted by Crippen LogP contribution is -2.01. The molecule has 2 heterocycles. The summed E-state index contributed by atoms with van der Waals surface area (Å²) in [6, 6.07) is 4.01. The van der Waals surface area contributed by atoms with Crippen molar-refractivity contribution in [3.05, 3.63) is 29.7 Å².